The number of hydrogen-bond acceptors (Lipinski definition) is 4. The SMILES string of the molecule is CC(C)CC1[C@@H]2[C@@H](C#C[C@@H](O[Si](C)(C)C(C)(C)C)C3CCCCC3)[C@H](O)CC[C@]2(C(C)C)C12OCCO2. The summed E-state index contributed by atoms with van der Waals surface area (Å²) in [6.45, 7) is 22.3. The Morgan fingerprint density at radius 2 is 1.62 bits per heavy atom. The normalized spacial score (nSPS) is 35.2. The maximum absolute atomic E-state index is 11.4. The first-order valence-electron chi connectivity index (χ1n) is 15.4. The molecule has 1 saturated heterocycles. The number of hydrogen-bond donors (Lipinski definition) is 1. The minimum Gasteiger partial charge on any atom is -0.403 e. The molecule has 4 aliphatic rings. The molecule has 1 unspecified atom stereocenters. The summed E-state index contributed by atoms with van der Waals surface area (Å²) in [7, 11) is -1.97. The van der Waals surface area contributed by atoms with Gasteiger partial charge in [-0.3, -0.25) is 0 Å². The van der Waals surface area contributed by atoms with Crippen LogP contribution in [0, 0.1) is 52.8 Å². The molecule has 0 aromatic rings. The number of fused-ring (bicyclic) bond motifs is 2. The molecule has 4 fully saturated rings. The summed E-state index contributed by atoms with van der Waals surface area (Å²) in [5.41, 5.74) is -0.0811. The molecule has 1 N–H and O–H groups in total. The zero-order valence-corrected chi connectivity index (χ0v) is 26.4. The predicted molar refractivity (Wildman–Crippen MR) is 153 cm³/mol. The second kappa shape index (κ2) is 10.9. The molecule has 1 spiro atoms. The smallest absolute Gasteiger partial charge is 0.193 e. The van der Waals surface area contributed by atoms with Crippen LogP contribution in [-0.2, 0) is 13.9 Å². The van der Waals surface area contributed by atoms with Gasteiger partial charge >= 0.3 is 0 Å². The average Bonchev–Trinajstić information content (AvgIpc) is 3.33. The standard InChI is InChI=1S/C32H56O4Si/c1-22(2)21-26-29-25(27(33)17-18-31(29,23(3)4)32(26)34-19-20-35-32)15-16-28(24-13-11-10-12-14-24)36-37(8,9)30(5,6)7/h22-29,33H,10-14,17-21H2,1-9H3/t25-,26?,27+,28+,29-,31+/m0/s1. The molecular formula is C32H56O4Si. The van der Waals surface area contributed by atoms with Gasteiger partial charge in [0.1, 0.15) is 6.10 Å². The number of rotatable bonds is 6. The Morgan fingerprint density at radius 3 is 2.16 bits per heavy atom. The fourth-order valence-corrected chi connectivity index (χ4v) is 9.37. The van der Waals surface area contributed by atoms with Crippen LogP contribution >= 0.6 is 0 Å². The molecule has 1 aliphatic heterocycles. The lowest BCUT2D eigenvalue weighted by Crippen LogP contribution is -2.77. The van der Waals surface area contributed by atoms with Gasteiger partial charge < -0.3 is 19.0 Å². The van der Waals surface area contributed by atoms with E-state index >= 15 is 0 Å². The van der Waals surface area contributed by atoms with Crippen molar-refractivity contribution in [3.8, 4) is 11.8 Å². The number of aliphatic hydroxyl groups excluding tert-OH is 1. The van der Waals surface area contributed by atoms with Crippen LogP contribution in [0.1, 0.15) is 99.8 Å². The lowest BCUT2D eigenvalue weighted by molar-refractivity contribution is -0.405. The molecule has 4 rings (SSSR count). The van der Waals surface area contributed by atoms with E-state index in [1.807, 2.05) is 0 Å². The van der Waals surface area contributed by atoms with Gasteiger partial charge in [0.25, 0.3) is 0 Å². The molecular weight excluding hydrogens is 476 g/mol. The molecule has 0 aromatic carbocycles. The molecule has 3 aliphatic carbocycles. The topological polar surface area (TPSA) is 47.9 Å². The van der Waals surface area contributed by atoms with E-state index in [0.29, 0.717) is 36.9 Å². The molecule has 0 bridgehead atoms. The summed E-state index contributed by atoms with van der Waals surface area (Å²) in [6.07, 6.45) is 8.67. The van der Waals surface area contributed by atoms with Crippen LogP contribution in [0.4, 0.5) is 0 Å². The minimum absolute atomic E-state index is 0.0275. The summed E-state index contributed by atoms with van der Waals surface area (Å²) in [6, 6.07) is 0. The van der Waals surface area contributed by atoms with Gasteiger partial charge in [-0.25, -0.2) is 0 Å². The molecule has 3 saturated carbocycles. The van der Waals surface area contributed by atoms with Gasteiger partial charge in [-0.05, 0) is 73.9 Å². The Balaban J connectivity index is 1.70. The molecule has 212 valence electrons. The van der Waals surface area contributed by atoms with Crippen LogP contribution in [0.2, 0.25) is 18.1 Å². The molecule has 5 heteroatoms. The van der Waals surface area contributed by atoms with Crippen molar-refractivity contribution < 1.29 is 19.0 Å². The largest absolute Gasteiger partial charge is 0.403 e. The third-order valence-corrected chi connectivity index (χ3v) is 15.4. The van der Waals surface area contributed by atoms with E-state index in [2.05, 4.69) is 73.4 Å². The van der Waals surface area contributed by atoms with E-state index in [1.54, 1.807) is 0 Å². The van der Waals surface area contributed by atoms with Gasteiger partial charge in [0.15, 0.2) is 14.1 Å². The van der Waals surface area contributed by atoms with Crippen molar-refractivity contribution in [3.63, 3.8) is 0 Å². The van der Waals surface area contributed by atoms with Gasteiger partial charge in [-0.15, -0.1) is 0 Å². The van der Waals surface area contributed by atoms with Crippen molar-refractivity contribution in [3.05, 3.63) is 0 Å². The first-order valence-corrected chi connectivity index (χ1v) is 18.3. The molecule has 0 amide bonds. The highest BCUT2D eigenvalue weighted by Gasteiger charge is 2.78. The van der Waals surface area contributed by atoms with Gasteiger partial charge in [0, 0.05) is 11.3 Å². The Labute approximate surface area is 229 Å². The van der Waals surface area contributed by atoms with E-state index < -0.39 is 20.2 Å². The maximum Gasteiger partial charge on any atom is 0.193 e. The molecule has 0 radical (unpaired) electrons. The van der Waals surface area contributed by atoms with Gasteiger partial charge in [0.2, 0.25) is 0 Å². The predicted octanol–water partition coefficient (Wildman–Crippen LogP) is 7.41. The zero-order chi connectivity index (χ0) is 27.2. The molecule has 37 heavy (non-hydrogen) atoms. The Hall–Kier alpha value is -0.383. The maximum atomic E-state index is 11.4. The van der Waals surface area contributed by atoms with Crippen molar-refractivity contribution in [2.75, 3.05) is 13.2 Å². The van der Waals surface area contributed by atoms with Gasteiger partial charge in [-0.2, -0.15) is 0 Å². The summed E-state index contributed by atoms with van der Waals surface area (Å²) < 4.78 is 20.2. The van der Waals surface area contributed by atoms with Gasteiger partial charge in [0.05, 0.1) is 25.2 Å². The van der Waals surface area contributed by atoms with Crippen LogP contribution in [0.25, 0.3) is 0 Å². The number of aliphatic hydroxyl groups is 1. The van der Waals surface area contributed by atoms with Crippen molar-refractivity contribution in [2.24, 2.45) is 40.9 Å². The molecule has 6 atom stereocenters. The quantitative estimate of drug-likeness (QED) is 0.286. The second-order valence-electron chi connectivity index (χ2n) is 14.9. The fraction of sp³-hybridized carbons (Fsp3) is 0.938. The summed E-state index contributed by atoms with van der Waals surface area (Å²) in [5, 5.41) is 11.6. The monoisotopic (exact) mass is 532 g/mol. The van der Waals surface area contributed by atoms with Crippen LogP contribution in [0.15, 0.2) is 0 Å². The van der Waals surface area contributed by atoms with Gasteiger partial charge in [-0.1, -0.05) is 79.6 Å². The summed E-state index contributed by atoms with van der Waals surface area (Å²) in [5.74, 6) is 8.97. The third-order valence-electron chi connectivity index (χ3n) is 11.0. The molecule has 4 nitrogen and oxygen atoms in total. The van der Waals surface area contributed by atoms with Crippen molar-refractivity contribution >= 4 is 8.32 Å². The first kappa shape index (κ1) is 29.6. The van der Waals surface area contributed by atoms with E-state index in [4.69, 9.17) is 13.9 Å². The summed E-state index contributed by atoms with van der Waals surface area (Å²) in [4.78, 5) is 0. The van der Waals surface area contributed by atoms with Crippen LogP contribution < -0.4 is 0 Å². The van der Waals surface area contributed by atoms with Crippen molar-refractivity contribution in [1.82, 2.24) is 0 Å². The van der Waals surface area contributed by atoms with E-state index in [1.165, 1.54) is 32.1 Å². The Bertz CT molecular complexity index is 837. The van der Waals surface area contributed by atoms with E-state index in [0.717, 1.165) is 19.3 Å². The van der Waals surface area contributed by atoms with E-state index in [9.17, 15) is 5.11 Å². The van der Waals surface area contributed by atoms with Crippen molar-refractivity contribution in [2.45, 2.75) is 136 Å². The summed E-state index contributed by atoms with van der Waals surface area (Å²) >= 11 is 0. The van der Waals surface area contributed by atoms with Crippen molar-refractivity contribution in [1.29, 1.82) is 0 Å². The third kappa shape index (κ3) is 5.13. The molecule has 0 aromatic heterocycles. The van der Waals surface area contributed by atoms with Crippen LogP contribution in [0.3, 0.4) is 0 Å². The average molecular weight is 533 g/mol. The zero-order valence-electron chi connectivity index (χ0n) is 25.4. The first-order chi connectivity index (χ1) is 17.3. The highest BCUT2D eigenvalue weighted by molar-refractivity contribution is 6.74. The van der Waals surface area contributed by atoms with E-state index in [-0.39, 0.29) is 28.4 Å². The number of ether oxygens (including phenoxy) is 2. The minimum atomic E-state index is -1.97. The molecule has 1 heterocycles. The second-order valence-corrected chi connectivity index (χ2v) is 19.7. The Morgan fingerprint density at radius 1 is 1.00 bits per heavy atom. The van der Waals surface area contributed by atoms with Crippen LogP contribution in [-0.4, -0.2) is 44.6 Å². The highest BCUT2D eigenvalue weighted by Crippen LogP contribution is 2.73. The highest BCUT2D eigenvalue weighted by atomic mass is 28.4. The lowest BCUT2D eigenvalue weighted by atomic mass is 9.37. The Kier molecular flexibility index (Phi) is 8.71. The lowest BCUT2D eigenvalue weighted by Gasteiger charge is -2.72. The fourth-order valence-electron chi connectivity index (χ4n) is 8.13. The van der Waals surface area contributed by atoms with Crippen LogP contribution in [0.5, 0.6) is 0 Å².